The largest absolute Gasteiger partial charge is 0.337 e. The van der Waals surface area contributed by atoms with Crippen molar-refractivity contribution in [2.75, 3.05) is 13.1 Å². The summed E-state index contributed by atoms with van der Waals surface area (Å²) in [6, 6.07) is 11.9. The molecule has 6 heteroatoms. The van der Waals surface area contributed by atoms with Gasteiger partial charge < -0.3 is 4.90 Å². The van der Waals surface area contributed by atoms with Crippen molar-refractivity contribution in [3.05, 3.63) is 72.1 Å². The van der Waals surface area contributed by atoms with E-state index < -0.39 is 0 Å². The second-order valence-electron chi connectivity index (χ2n) is 6.51. The zero-order valence-electron chi connectivity index (χ0n) is 14.2. The summed E-state index contributed by atoms with van der Waals surface area (Å²) in [5.74, 6) is -0.190. The molecule has 5 nitrogen and oxygen atoms in total. The molecular weight excluding hydrogens is 331 g/mol. The highest BCUT2D eigenvalue weighted by atomic mass is 19.1. The molecule has 1 aromatic carbocycles. The lowest BCUT2D eigenvalue weighted by molar-refractivity contribution is 0.0700. The number of H-pyrrole nitrogens is 1. The standard InChI is InChI=1S/C20H19FN4O/c21-16-7-3-5-14(11-16)17-12-23-24-19(17)15-6-4-10-25(13-15)20(26)18-8-1-2-9-22-18/h1-3,5,7-9,11-12,15H,4,6,10,13H2,(H,23,24)/t15-/m1/s1. The first kappa shape index (κ1) is 16.4. The molecule has 1 saturated heterocycles. The molecule has 0 bridgehead atoms. The Bertz CT molecular complexity index is 909. The van der Waals surface area contributed by atoms with Gasteiger partial charge in [0.2, 0.25) is 0 Å². The molecular formula is C20H19FN4O. The van der Waals surface area contributed by atoms with Gasteiger partial charge in [-0.2, -0.15) is 5.10 Å². The average molecular weight is 350 g/mol. The van der Waals surface area contributed by atoms with E-state index in [1.165, 1.54) is 12.1 Å². The van der Waals surface area contributed by atoms with Crippen molar-refractivity contribution in [2.24, 2.45) is 0 Å². The summed E-state index contributed by atoms with van der Waals surface area (Å²) in [6.45, 7) is 1.31. The number of hydrogen-bond acceptors (Lipinski definition) is 3. The van der Waals surface area contributed by atoms with E-state index in [9.17, 15) is 9.18 Å². The smallest absolute Gasteiger partial charge is 0.272 e. The fourth-order valence-electron chi connectivity index (χ4n) is 3.54. The molecule has 3 heterocycles. The summed E-state index contributed by atoms with van der Waals surface area (Å²) in [5, 5.41) is 7.23. The molecule has 0 spiro atoms. The second kappa shape index (κ2) is 7.07. The Morgan fingerprint density at radius 1 is 1.23 bits per heavy atom. The molecule has 1 aliphatic rings. The maximum Gasteiger partial charge on any atom is 0.272 e. The van der Waals surface area contributed by atoms with Crippen molar-refractivity contribution in [3.63, 3.8) is 0 Å². The molecule has 1 fully saturated rings. The van der Waals surface area contributed by atoms with E-state index in [0.29, 0.717) is 12.2 Å². The number of aromatic nitrogens is 3. The van der Waals surface area contributed by atoms with Crippen molar-refractivity contribution in [1.82, 2.24) is 20.1 Å². The molecule has 1 atom stereocenters. The van der Waals surface area contributed by atoms with Crippen LogP contribution in [0.1, 0.15) is 34.9 Å². The maximum atomic E-state index is 13.6. The van der Waals surface area contributed by atoms with Crippen LogP contribution in [0.5, 0.6) is 0 Å². The van der Waals surface area contributed by atoms with E-state index in [1.54, 1.807) is 30.6 Å². The summed E-state index contributed by atoms with van der Waals surface area (Å²) in [7, 11) is 0. The Balaban J connectivity index is 1.58. The first-order valence-corrected chi connectivity index (χ1v) is 8.72. The van der Waals surface area contributed by atoms with Crippen molar-refractivity contribution < 1.29 is 9.18 Å². The SMILES string of the molecule is O=C(c1ccccn1)N1CCC[C@@H](c2[nH]ncc2-c2cccc(F)c2)C1. The average Bonchev–Trinajstić information content (AvgIpc) is 3.18. The third kappa shape index (κ3) is 3.22. The Morgan fingerprint density at radius 3 is 2.96 bits per heavy atom. The van der Waals surface area contributed by atoms with Gasteiger partial charge in [-0.15, -0.1) is 0 Å². The highest BCUT2D eigenvalue weighted by molar-refractivity contribution is 5.92. The van der Waals surface area contributed by atoms with Gasteiger partial charge in [-0.25, -0.2) is 4.39 Å². The summed E-state index contributed by atoms with van der Waals surface area (Å²) in [5.41, 5.74) is 3.10. The van der Waals surface area contributed by atoms with Crippen LogP contribution < -0.4 is 0 Å². The lowest BCUT2D eigenvalue weighted by atomic mass is 9.90. The van der Waals surface area contributed by atoms with Gasteiger partial charge >= 0.3 is 0 Å². The van der Waals surface area contributed by atoms with E-state index in [2.05, 4.69) is 15.2 Å². The Hall–Kier alpha value is -3.02. The van der Waals surface area contributed by atoms with Crippen LogP contribution in [0.3, 0.4) is 0 Å². The van der Waals surface area contributed by atoms with E-state index in [0.717, 1.165) is 36.2 Å². The van der Waals surface area contributed by atoms with Gasteiger partial charge in [0.05, 0.1) is 6.20 Å². The Labute approximate surface area is 150 Å². The molecule has 0 saturated carbocycles. The number of likely N-dealkylation sites (tertiary alicyclic amines) is 1. The Morgan fingerprint density at radius 2 is 2.15 bits per heavy atom. The predicted octanol–water partition coefficient (Wildman–Crippen LogP) is 3.63. The van der Waals surface area contributed by atoms with Crippen molar-refractivity contribution in [3.8, 4) is 11.1 Å². The van der Waals surface area contributed by atoms with Crippen LogP contribution in [0.4, 0.5) is 4.39 Å². The first-order valence-electron chi connectivity index (χ1n) is 8.72. The molecule has 26 heavy (non-hydrogen) atoms. The van der Waals surface area contributed by atoms with Gasteiger partial charge in [0.15, 0.2) is 0 Å². The number of benzene rings is 1. The van der Waals surface area contributed by atoms with Gasteiger partial charge in [-0.1, -0.05) is 18.2 Å². The minimum Gasteiger partial charge on any atom is -0.337 e. The molecule has 0 radical (unpaired) electrons. The molecule has 4 rings (SSSR count). The van der Waals surface area contributed by atoms with Crippen LogP contribution in [-0.2, 0) is 0 Å². The lowest BCUT2D eigenvalue weighted by Gasteiger charge is -2.32. The van der Waals surface area contributed by atoms with Gasteiger partial charge in [0.1, 0.15) is 11.5 Å². The number of carbonyl (C=O) groups is 1. The van der Waals surface area contributed by atoms with Crippen LogP contribution in [0.25, 0.3) is 11.1 Å². The summed E-state index contributed by atoms with van der Waals surface area (Å²) < 4.78 is 13.6. The minimum absolute atomic E-state index is 0.0536. The van der Waals surface area contributed by atoms with E-state index in [-0.39, 0.29) is 17.6 Å². The molecule has 0 unspecified atom stereocenters. The third-order valence-electron chi connectivity index (χ3n) is 4.81. The number of nitrogens with zero attached hydrogens (tertiary/aromatic N) is 3. The summed E-state index contributed by atoms with van der Waals surface area (Å²) in [4.78, 5) is 18.7. The number of hydrogen-bond donors (Lipinski definition) is 1. The normalized spacial score (nSPS) is 17.3. The van der Waals surface area contributed by atoms with Crippen molar-refractivity contribution in [1.29, 1.82) is 0 Å². The maximum absolute atomic E-state index is 13.6. The molecule has 1 N–H and O–H groups in total. The molecule has 0 aliphatic carbocycles. The monoisotopic (exact) mass is 350 g/mol. The quantitative estimate of drug-likeness (QED) is 0.785. The number of piperidine rings is 1. The lowest BCUT2D eigenvalue weighted by Crippen LogP contribution is -2.39. The molecule has 3 aromatic rings. The van der Waals surface area contributed by atoms with Gasteiger partial charge in [0.25, 0.3) is 5.91 Å². The highest BCUT2D eigenvalue weighted by Gasteiger charge is 2.28. The topological polar surface area (TPSA) is 61.9 Å². The van der Waals surface area contributed by atoms with Gasteiger partial charge in [-0.05, 0) is 42.7 Å². The Kier molecular flexibility index (Phi) is 4.48. The van der Waals surface area contributed by atoms with Crippen molar-refractivity contribution in [2.45, 2.75) is 18.8 Å². The van der Waals surface area contributed by atoms with Gasteiger partial charge in [0, 0.05) is 36.5 Å². The zero-order valence-corrected chi connectivity index (χ0v) is 14.2. The number of nitrogens with one attached hydrogen (secondary N) is 1. The van der Waals surface area contributed by atoms with Crippen LogP contribution in [-0.4, -0.2) is 39.1 Å². The molecule has 1 amide bonds. The first-order chi connectivity index (χ1) is 12.7. The minimum atomic E-state index is -0.273. The van der Waals surface area contributed by atoms with Crippen LogP contribution in [0, 0.1) is 5.82 Å². The van der Waals surface area contributed by atoms with Crippen LogP contribution in [0.15, 0.2) is 54.9 Å². The molecule has 1 aliphatic heterocycles. The van der Waals surface area contributed by atoms with E-state index in [4.69, 9.17) is 0 Å². The third-order valence-corrected chi connectivity index (χ3v) is 4.81. The molecule has 2 aromatic heterocycles. The second-order valence-corrected chi connectivity index (χ2v) is 6.51. The fraction of sp³-hybridized carbons (Fsp3) is 0.250. The summed E-state index contributed by atoms with van der Waals surface area (Å²) in [6.07, 6.45) is 5.22. The number of halogens is 1. The number of pyridine rings is 1. The van der Waals surface area contributed by atoms with E-state index >= 15 is 0 Å². The van der Waals surface area contributed by atoms with Crippen LogP contribution in [0.2, 0.25) is 0 Å². The number of aromatic amines is 1. The number of carbonyl (C=O) groups excluding carboxylic acids is 1. The number of rotatable bonds is 3. The van der Waals surface area contributed by atoms with E-state index in [1.807, 2.05) is 17.0 Å². The number of amides is 1. The van der Waals surface area contributed by atoms with Crippen molar-refractivity contribution >= 4 is 5.91 Å². The molecule has 132 valence electrons. The predicted molar refractivity (Wildman–Crippen MR) is 96.1 cm³/mol. The van der Waals surface area contributed by atoms with Crippen LogP contribution >= 0.6 is 0 Å². The fourth-order valence-corrected chi connectivity index (χ4v) is 3.54. The highest BCUT2D eigenvalue weighted by Crippen LogP contribution is 2.33. The van der Waals surface area contributed by atoms with Gasteiger partial charge in [-0.3, -0.25) is 14.9 Å². The zero-order chi connectivity index (χ0) is 17.9. The summed E-state index contributed by atoms with van der Waals surface area (Å²) >= 11 is 0.